The summed E-state index contributed by atoms with van der Waals surface area (Å²) in [4.78, 5) is 33.3. The Morgan fingerprint density at radius 2 is 1.12 bits per heavy atom. The van der Waals surface area contributed by atoms with Crippen molar-refractivity contribution in [3.63, 3.8) is 0 Å². The van der Waals surface area contributed by atoms with Gasteiger partial charge in [-0.2, -0.15) is 0 Å². The average molecular weight is 386 g/mol. The van der Waals surface area contributed by atoms with Gasteiger partial charge in [-0.3, -0.25) is 9.97 Å². The monoisotopic (exact) mass is 386 g/mol. The smallest absolute Gasteiger partial charge is 0.338 e. The first-order chi connectivity index (χ1) is 12.7. The molecule has 0 atom stereocenters. The molecule has 0 fully saturated rings. The number of nitrogens with zero attached hydrogens (tertiary/aromatic N) is 2. The molecule has 0 aromatic carbocycles. The lowest BCUT2D eigenvalue weighted by molar-refractivity contribution is 0.0536. The Hall–Kier alpha value is -2.58. The third-order valence-electron chi connectivity index (χ3n) is 3.23. The van der Waals surface area contributed by atoms with E-state index in [0.717, 1.165) is 9.81 Å². The minimum Gasteiger partial charge on any atom is -0.457 e. The molecule has 0 bridgehead atoms. The van der Waals surface area contributed by atoms with Gasteiger partial charge in [0.1, 0.15) is 13.2 Å². The molecule has 8 heteroatoms. The van der Waals surface area contributed by atoms with E-state index in [2.05, 4.69) is 9.97 Å². The zero-order valence-corrected chi connectivity index (χ0v) is 15.2. The van der Waals surface area contributed by atoms with E-state index in [4.69, 9.17) is 9.47 Å². The maximum absolute atomic E-state index is 11.9. The minimum absolute atomic E-state index is 0.194. The number of carbonyl (C=O) groups excluding carboxylic acids is 2. The van der Waals surface area contributed by atoms with Crippen molar-refractivity contribution >= 4 is 33.5 Å². The van der Waals surface area contributed by atoms with Crippen LogP contribution < -0.4 is 0 Å². The SMILES string of the molecule is O=C(OCC1=CC=C(COC(=O)c2ccncc2)SS1)c1ccncc1. The molecule has 0 saturated heterocycles. The Morgan fingerprint density at radius 3 is 1.46 bits per heavy atom. The van der Waals surface area contributed by atoms with Crippen LogP contribution in [0.15, 0.2) is 71.0 Å². The minimum atomic E-state index is -0.389. The fourth-order valence-electron chi connectivity index (χ4n) is 1.91. The molecule has 0 N–H and O–H groups in total. The van der Waals surface area contributed by atoms with Gasteiger partial charge >= 0.3 is 11.9 Å². The van der Waals surface area contributed by atoms with Crippen molar-refractivity contribution in [2.45, 2.75) is 0 Å². The van der Waals surface area contributed by atoms with Crippen LogP contribution >= 0.6 is 21.6 Å². The number of hydrogen-bond donors (Lipinski definition) is 0. The lowest BCUT2D eigenvalue weighted by atomic mass is 10.3. The van der Waals surface area contributed by atoms with Gasteiger partial charge in [-0.25, -0.2) is 9.59 Å². The van der Waals surface area contributed by atoms with Crippen LogP contribution in [0.4, 0.5) is 0 Å². The molecule has 1 aliphatic rings. The van der Waals surface area contributed by atoms with Crippen molar-refractivity contribution in [2.24, 2.45) is 0 Å². The van der Waals surface area contributed by atoms with Crippen molar-refractivity contribution in [3.05, 3.63) is 82.1 Å². The van der Waals surface area contributed by atoms with Gasteiger partial charge in [-0.1, -0.05) is 21.6 Å². The molecule has 0 spiro atoms. The van der Waals surface area contributed by atoms with Crippen LogP contribution in [0.5, 0.6) is 0 Å². The first-order valence-electron chi connectivity index (χ1n) is 7.61. The van der Waals surface area contributed by atoms with Gasteiger partial charge in [0, 0.05) is 34.6 Å². The van der Waals surface area contributed by atoms with Crippen LogP contribution in [-0.4, -0.2) is 35.1 Å². The van der Waals surface area contributed by atoms with Gasteiger partial charge in [0.15, 0.2) is 0 Å². The second-order valence-corrected chi connectivity index (χ2v) is 7.44. The Bertz CT molecular complexity index is 767. The van der Waals surface area contributed by atoms with E-state index < -0.39 is 0 Å². The third kappa shape index (κ3) is 5.21. The van der Waals surface area contributed by atoms with E-state index in [-0.39, 0.29) is 25.2 Å². The highest BCUT2D eigenvalue weighted by Gasteiger charge is 2.14. The molecule has 0 radical (unpaired) electrons. The molecule has 1 aliphatic heterocycles. The molecule has 2 aromatic rings. The molecular formula is C18H14N2O4S2. The summed E-state index contributed by atoms with van der Waals surface area (Å²) in [5, 5.41) is 0. The number of pyridine rings is 2. The molecule has 0 saturated carbocycles. The van der Waals surface area contributed by atoms with Crippen molar-refractivity contribution in [1.82, 2.24) is 9.97 Å². The van der Waals surface area contributed by atoms with Crippen LogP contribution in [0, 0.1) is 0 Å². The highest BCUT2D eigenvalue weighted by atomic mass is 33.1. The van der Waals surface area contributed by atoms with E-state index in [0.29, 0.717) is 11.1 Å². The van der Waals surface area contributed by atoms with Gasteiger partial charge in [-0.05, 0) is 36.4 Å². The summed E-state index contributed by atoms with van der Waals surface area (Å²) in [5.74, 6) is -0.778. The quantitative estimate of drug-likeness (QED) is 0.550. The summed E-state index contributed by atoms with van der Waals surface area (Å²) < 4.78 is 10.5. The highest BCUT2D eigenvalue weighted by molar-refractivity contribution is 8.79. The number of carbonyl (C=O) groups is 2. The summed E-state index contributed by atoms with van der Waals surface area (Å²) in [7, 11) is 2.95. The molecular weight excluding hydrogens is 372 g/mol. The summed E-state index contributed by atoms with van der Waals surface area (Å²) in [6, 6.07) is 6.42. The van der Waals surface area contributed by atoms with E-state index in [1.165, 1.54) is 21.6 Å². The molecule has 2 aromatic heterocycles. The maximum atomic E-state index is 11.9. The topological polar surface area (TPSA) is 78.4 Å². The number of aromatic nitrogens is 2. The van der Waals surface area contributed by atoms with Crippen molar-refractivity contribution in [1.29, 1.82) is 0 Å². The molecule has 132 valence electrons. The molecule has 0 unspecified atom stereocenters. The van der Waals surface area contributed by atoms with Crippen LogP contribution in [0.1, 0.15) is 20.7 Å². The lowest BCUT2D eigenvalue weighted by Crippen LogP contribution is -2.09. The van der Waals surface area contributed by atoms with Crippen molar-refractivity contribution < 1.29 is 19.1 Å². The van der Waals surface area contributed by atoms with Crippen LogP contribution in [0.3, 0.4) is 0 Å². The average Bonchev–Trinajstić information content (AvgIpc) is 2.72. The zero-order valence-electron chi connectivity index (χ0n) is 13.5. The van der Waals surface area contributed by atoms with E-state index in [9.17, 15) is 9.59 Å². The molecule has 3 rings (SSSR count). The predicted molar refractivity (Wildman–Crippen MR) is 100 cm³/mol. The second-order valence-electron chi connectivity index (χ2n) is 5.06. The molecule has 3 heterocycles. The van der Waals surface area contributed by atoms with Gasteiger partial charge in [0.2, 0.25) is 0 Å². The van der Waals surface area contributed by atoms with Crippen LogP contribution in [-0.2, 0) is 9.47 Å². The first kappa shape index (κ1) is 18.2. The predicted octanol–water partition coefficient (Wildman–Crippen LogP) is 3.65. The summed E-state index contributed by atoms with van der Waals surface area (Å²) in [6.45, 7) is 0.388. The Morgan fingerprint density at radius 1 is 0.731 bits per heavy atom. The fraction of sp³-hybridized carbons (Fsp3) is 0.111. The normalized spacial score (nSPS) is 13.4. The molecule has 0 amide bonds. The first-order valence-corrected chi connectivity index (χ1v) is 9.76. The Kier molecular flexibility index (Phi) is 6.45. The third-order valence-corrected chi connectivity index (χ3v) is 5.79. The van der Waals surface area contributed by atoms with Gasteiger partial charge < -0.3 is 9.47 Å². The number of ether oxygens (including phenoxy) is 2. The van der Waals surface area contributed by atoms with E-state index >= 15 is 0 Å². The van der Waals surface area contributed by atoms with Gasteiger partial charge in [0.05, 0.1) is 11.1 Å². The summed E-state index contributed by atoms with van der Waals surface area (Å²) in [5.41, 5.74) is 0.932. The lowest BCUT2D eigenvalue weighted by Gasteiger charge is -2.14. The highest BCUT2D eigenvalue weighted by Crippen LogP contribution is 2.40. The van der Waals surface area contributed by atoms with E-state index in [1.807, 2.05) is 12.2 Å². The Balaban J connectivity index is 1.47. The van der Waals surface area contributed by atoms with Crippen LogP contribution in [0.25, 0.3) is 0 Å². The molecule has 26 heavy (non-hydrogen) atoms. The Labute approximate surface area is 158 Å². The molecule has 0 aliphatic carbocycles. The van der Waals surface area contributed by atoms with Crippen molar-refractivity contribution in [2.75, 3.05) is 13.2 Å². The van der Waals surface area contributed by atoms with Gasteiger partial charge in [0.25, 0.3) is 0 Å². The van der Waals surface area contributed by atoms with Crippen LogP contribution in [0.2, 0.25) is 0 Å². The molecule has 6 nitrogen and oxygen atoms in total. The maximum Gasteiger partial charge on any atom is 0.338 e. The second kappa shape index (κ2) is 9.21. The number of rotatable bonds is 6. The summed E-state index contributed by atoms with van der Waals surface area (Å²) in [6.07, 6.45) is 9.90. The zero-order chi connectivity index (χ0) is 18.2. The largest absolute Gasteiger partial charge is 0.457 e. The van der Waals surface area contributed by atoms with Crippen molar-refractivity contribution in [3.8, 4) is 0 Å². The number of esters is 2. The number of allylic oxidation sites excluding steroid dienone is 2. The summed E-state index contributed by atoms with van der Waals surface area (Å²) >= 11 is 0. The van der Waals surface area contributed by atoms with Gasteiger partial charge in [-0.15, -0.1) is 0 Å². The standard InChI is InChI=1S/C18H14N2O4S2/c21-17(13-3-7-19-8-4-13)23-11-15-1-2-16(26-25-15)12-24-18(22)14-5-9-20-10-6-14/h1-10H,11-12H2. The number of hydrogen-bond acceptors (Lipinski definition) is 8. The van der Waals surface area contributed by atoms with E-state index in [1.54, 1.807) is 49.1 Å². The fourth-order valence-corrected chi connectivity index (χ4v) is 3.85.